The first kappa shape index (κ1) is 14.0. The van der Waals surface area contributed by atoms with Gasteiger partial charge in [0.05, 0.1) is 12.7 Å². The molecule has 0 bridgehead atoms. The number of nitrogens with one attached hydrogen (secondary N) is 1. The van der Waals surface area contributed by atoms with E-state index in [9.17, 15) is 4.39 Å². The fourth-order valence-corrected chi connectivity index (χ4v) is 2.08. The Morgan fingerprint density at radius 1 is 1.37 bits per heavy atom. The van der Waals surface area contributed by atoms with Gasteiger partial charge in [0.25, 0.3) is 0 Å². The predicted molar refractivity (Wildman–Crippen MR) is 74.9 cm³/mol. The van der Waals surface area contributed by atoms with E-state index >= 15 is 0 Å². The summed E-state index contributed by atoms with van der Waals surface area (Å²) in [5.74, 6) is -0.280. The molecule has 0 unspecified atom stereocenters. The van der Waals surface area contributed by atoms with Crippen molar-refractivity contribution in [3.8, 4) is 0 Å². The second kappa shape index (κ2) is 6.17. The molecule has 0 radical (unpaired) electrons. The van der Waals surface area contributed by atoms with E-state index in [1.165, 1.54) is 12.1 Å². The summed E-state index contributed by atoms with van der Waals surface area (Å²) in [6, 6.07) is 4.39. The lowest BCUT2D eigenvalue weighted by atomic mass is 10.2. The maximum absolute atomic E-state index is 13.2. The molecule has 2 rings (SSSR count). The van der Waals surface area contributed by atoms with Gasteiger partial charge in [-0.3, -0.25) is 4.68 Å². The van der Waals surface area contributed by atoms with Crippen LogP contribution in [0.5, 0.6) is 0 Å². The van der Waals surface area contributed by atoms with Gasteiger partial charge in [0.2, 0.25) is 0 Å². The third kappa shape index (κ3) is 3.33. The quantitative estimate of drug-likeness (QED) is 0.912. The largest absolute Gasteiger partial charge is 0.313 e. The topological polar surface area (TPSA) is 29.9 Å². The number of aromatic nitrogens is 2. The van der Waals surface area contributed by atoms with E-state index in [1.807, 2.05) is 17.8 Å². The third-order valence-corrected chi connectivity index (χ3v) is 3.47. The highest BCUT2D eigenvalue weighted by atomic mass is 35.5. The first-order valence-electron chi connectivity index (χ1n) is 6.27. The maximum Gasteiger partial charge on any atom is 0.123 e. The number of benzene rings is 1. The molecule has 0 spiro atoms. The first-order chi connectivity index (χ1) is 9.11. The minimum atomic E-state index is -0.280. The highest BCUT2D eigenvalue weighted by Gasteiger charge is 2.09. The van der Waals surface area contributed by atoms with Gasteiger partial charge in [0, 0.05) is 22.8 Å². The van der Waals surface area contributed by atoms with Crippen LogP contribution in [0.3, 0.4) is 0 Å². The molecule has 102 valence electrons. The molecule has 19 heavy (non-hydrogen) atoms. The SMILES string of the molecule is CCNCc1cnn(Cc2cc(F)ccc2Cl)c1C. The summed E-state index contributed by atoms with van der Waals surface area (Å²) in [4.78, 5) is 0. The van der Waals surface area contributed by atoms with E-state index in [1.54, 1.807) is 6.07 Å². The van der Waals surface area contributed by atoms with Gasteiger partial charge in [0.15, 0.2) is 0 Å². The second-order valence-corrected chi connectivity index (χ2v) is 4.84. The smallest absolute Gasteiger partial charge is 0.123 e. The molecule has 0 atom stereocenters. The van der Waals surface area contributed by atoms with E-state index in [4.69, 9.17) is 11.6 Å². The average Bonchev–Trinajstić information content (AvgIpc) is 2.73. The molecule has 5 heteroatoms. The van der Waals surface area contributed by atoms with Gasteiger partial charge < -0.3 is 5.32 Å². The van der Waals surface area contributed by atoms with Crippen molar-refractivity contribution in [3.05, 3.63) is 52.1 Å². The number of hydrogen-bond donors (Lipinski definition) is 1. The van der Waals surface area contributed by atoms with Crippen LogP contribution in [0.25, 0.3) is 0 Å². The highest BCUT2D eigenvalue weighted by molar-refractivity contribution is 6.31. The molecule has 1 aromatic heterocycles. The molecule has 0 aliphatic rings. The Kier molecular flexibility index (Phi) is 4.56. The van der Waals surface area contributed by atoms with Crippen LogP contribution in [0.1, 0.15) is 23.7 Å². The van der Waals surface area contributed by atoms with Gasteiger partial charge >= 0.3 is 0 Å². The molecule has 0 fully saturated rings. The van der Waals surface area contributed by atoms with Crippen LogP contribution in [-0.4, -0.2) is 16.3 Å². The van der Waals surface area contributed by atoms with E-state index < -0.39 is 0 Å². The standard InChI is InChI=1S/C14H17ClFN3/c1-3-17-7-12-8-18-19(10(12)2)9-11-6-13(16)4-5-14(11)15/h4-6,8,17H,3,7,9H2,1-2H3. The number of hydrogen-bond acceptors (Lipinski definition) is 2. The molecule has 1 heterocycles. The molecule has 0 aliphatic heterocycles. The Balaban J connectivity index is 2.19. The van der Waals surface area contributed by atoms with E-state index in [0.717, 1.165) is 29.9 Å². The zero-order valence-corrected chi connectivity index (χ0v) is 11.8. The lowest BCUT2D eigenvalue weighted by molar-refractivity contribution is 0.616. The van der Waals surface area contributed by atoms with Crippen LogP contribution in [0.4, 0.5) is 4.39 Å². The summed E-state index contributed by atoms with van der Waals surface area (Å²) in [6.45, 7) is 6.26. The summed E-state index contributed by atoms with van der Waals surface area (Å²) < 4.78 is 15.1. The summed E-state index contributed by atoms with van der Waals surface area (Å²) in [5.41, 5.74) is 2.96. The van der Waals surface area contributed by atoms with Gasteiger partial charge in [-0.05, 0) is 37.2 Å². The monoisotopic (exact) mass is 281 g/mol. The van der Waals surface area contributed by atoms with Crippen molar-refractivity contribution in [3.63, 3.8) is 0 Å². The Morgan fingerprint density at radius 2 is 2.16 bits per heavy atom. The summed E-state index contributed by atoms with van der Waals surface area (Å²) in [6.07, 6.45) is 1.84. The van der Waals surface area contributed by atoms with Crippen molar-refractivity contribution in [1.29, 1.82) is 0 Å². The van der Waals surface area contributed by atoms with Gasteiger partial charge in [-0.15, -0.1) is 0 Å². The minimum Gasteiger partial charge on any atom is -0.313 e. The van der Waals surface area contributed by atoms with Crippen LogP contribution in [0.2, 0.25) is 5.02 Å². The molecule has 2 aromatic rings. The molecule has 0 saturated carbocycles. The molecule has 0 aliphatic carbocycles. The van der Waals surface area contributed by atoms with Crippen molar-refractivity contribution >= 4 is 11.6 Å². The minimum absolute atomic E-state index is 0.280. The number of halogens is 2. The van der Waals surface area contributed by atoms with Crippen LogP contribution in [0.15, 0.2) is 24.4 Å². The lowest BCUT2D eigenvalue weighted by Crippen LogP contribution is -2.12. The fraction of sp³-hybridized carbons (Fsp3) is 0.357. The third-order valence-electron chi connectivity index (χ3n) is 3.10. The zero-order chi connectivity index (χ0) is 13.8. The molecule has 1 aromatic carbocycles. The maximum atomic E-state index is 13.2. The van der Waals surface area contributed by atoms with Crippen LogP contribution in [-0.2, 0) is 13.1 Å². The lowest BCUT2D eigenvalue weighted by Gasteiger charge is -2.08. The van der Waals surface area contributed by atoms with Gasteiger partial charge in [-0.25, -0.2) is 4.39 Å². The Morgan fingerprint density at radius 3 is 2.89 bits per heavy atom. The van der Waals surface area contributed by atoms with E-state index in [2.05, 4.69) is 17.3 Å². The average molecular weight is 282 g/mol. The van der Waals surface area contributed by atoms with E-state index in [-0.39, 0.29) is 5.82 Å². The van der Waals surface area contributed by atoms with Gasteiger partial charge in [-0.1, -0.05) is 18.5 Å². The number of nitrogens with zero attached hydrogens (tertiary/aromatic N) is 2. The second-order valence-electron chi connectivity index (χ2n) is 4.43. The van der Waals surface area contributed by atoms with Crippen molar-refractivity contribution in [2.45, 2.75) is 26.9 Å². The molecular weight excluding hydrogens is 265 g/mol. The highest BCUT2D eigenvalue weighted by Crippen LogP contribution is 2.19. The summed E-state index contributed by atoms with van der Waals surface area (Å²) >= 11 is 6.07. The van der Waals surface area contributed by atoms with Gasteiger partial charge in [0.1, 0.15) is 5.82 Å². The summed E-state index contributed by atoms with van der Waals surface area (Å²) in [5, 5.41) is 8.15. The van der Waals surface area contributed by atoms with Crippen molar-refractivity contribution < 1.29 is 4.39 Å². The predicted octanol–water partition coefficient (Wildman–Crippen LogP) is 3.14. The number of rotatable bonds is 5. The van der Waals surface area contributed by atoms with Crippen molar-refractivity contribution in [2.75, 3.05) is 6.54 Å². The Hall–Kier alpha value is -1.39. The summed E-state index contributed by atoms with van der Waals surface area (Å²) in [7, 11) is 0. The van der Waals surface area contributed by atoms with Crippen molar-refractivity contribution in [1.82, 2.24) is 15.1 Å². The molecule has 0 amide bonds. The van der Waals surface area contributed by atoms with Gasteiger partial charge in [-0.2, -0.15) is 5.10 Å². The van der Waals surface area contributed by atoms with Crippen LogP contribution in [0, 0.1) is 12.7 Å². The van der Waals surface area contributed by atoms with Crippen LogP contribution >= 0.6 is 11.6 Å². The Labute approximate surface area is 117 Å². The zero-order valence-electron chi connectivity index (χ0n) is 11.1. The normalized spacial score (nSPS) is 10.9. The first-order valence-corrected chi connectivity index (χ1v) is 6.65. The van der Waals surface area contributed by atoms with Crippen molar-refractivity contribution in [2.24, 2.45) is 0 Å². The fourth-order valence-electron chi connectivity index (χ4n) is 1.90. The molecular formula is C14H17ClFN3. The molecule has 0 saturated heterocycles. The van der Waals surface area contributed by atoms with E-state index in [0.29, 0.717) is 11.6 Å². The molecule has 3 nitrogen and oxygen atoms in total. The Bertz CT molecular complexity index is 566. The molecule has 1 N–H and O–H groups in total. The van der Waals surface area contributed by atoms with Crippen LogP contribution < -0.4 is 5.32 Å².